The van der Waals surface area contributed by atoms with Crippen LogP contribution in [0.4, 0.5) is 5.69 Å². The second-order valence-corrected chi connectivity index (χ2v) is 8.53. The normalized spacial score (nSPS) is 15.4. The zero-order chi connectivity index (χ0) is 23.5. The summed E-state index contributed by atoms with van der Waals surface area (Å²) in [6.07, 6.45) is 2.56. The minimum atomic E-state index is -0.0863. The number of pyridine rings is 1. The summed E-state index contributed by atoms with van der Waals surface area (Å²) >= 11 is 0. The molecule has 1 fully saturated rings. The van der Waals surface area contributed by atoms with Gasteiger partial charge < -0.3 is 19.7 Å². The molecule has 34 heavy (non-hydrogen) atoms. The molecule has 0 radical (unpaired) electrons. The first-order valence-corrected chi connectivity index (χ1v) is 11.4. The monoisotopic (exact) mass is 460 g/mol. The number of aromatic nitrogens is 5. The smallest absolute Gasteiger partial charge is 0.177 e. The Balaban J connectivity index is 1.40. The third-order valence-electron chi connectivity index (χ3n) is 6.04. The average Bonchev–Trinajstić information content (AvgIpc) is 3.26. The van der Waals surface area contributed by atoms with Crippen LogP contribution in [0, 0.1) is 0 Å². The highest BCUT2D eigenvalue weighted by Crippen LogP contribution is 2.23. The number of benzene rings is 1. The number of oxime groups is 1. The van der Waals surface area contributed by atoms with Crippen molar-refractivity contribution < 1.29 is 9.94 Å². The molecule has 0 bridgehead atoms. The van der Waals surface area contributed by atoms with Gasteiger partial charge in [-0.15, -0.1) is 10.2 Å². The Morgan fingerprint density at radius 2 is 1.94 bits per heavy atom. The van der Waals surface area contributed by atoms with E-state index in [2.05, 4.69) is 66.5 Å². The van der Waals surface area contributed by atoms with Crippen LogP contribution in [0.5, 0.6) is 0 Å². The van der Waals surface area contributed by atoms with Gasteiger partial charge in [-0.3, -0.25) is 4.98 Å². The highest BCUT2D eigenvalue weighted by molar-refractivity contribution is 5.96. The third kappa shape index (κ3) is 4.68. The van der Waals surface area contributed by atoms with E-state index in [4.69, 9.17) is 9.94 Å². The molecule has 0 spiro atoms. The topological polar surface area (TPSA) is 104 Å². The predicted octanol–water partition coefficient (Wildman–Crippen LogP) is 1.75. The van der Waals surface area contributed by atoms with E-state index in [-0.39, 0.29) is 13.2 Å². The average molecular weight is 461 g/mol. The lowest BCUT2D eigenvalue weighted by molar-refractivity contribution is 0.0986. The maximum atomic E-state index is 8.86. The van der Waals surface area contributed by atoms with Gasteiger partial charge in [0, 0.05) is 38.0 Å². The van der Waals surface area contributed by atoms with Gasteiger partial charge in [-0.05, 0) is 49.9 Å². The van der Waals surface area contributed by atoms with Crippen LogP contribution in [0.1, 0.15) is 24.0 Å². The first kappa shape index (κ1) is 22.2. The van der Waals surface area contributed by atoms with Gasteiger partial charge in [-0.1, -0.05) is 11.2 Å². The molecule has 1 aromatic carbocycles. The summed E-state index contributed by atoms with van der Waals surface area (Å²) in [5.41, 5.74) is 5.19. The van der Waals surface area contributed by atoms with Crippen molar-refractivity contribution in [2.24, 2.45) is 5.16 Å². The second-order valence-electron chi connectivity index (χ2n) is 8.53. The van der Waals surface area contributed by atoms with Crippen molar-refractivity contribution in [3.05, 3.63) is 59.7 Å². The molecule has 0 unspecified atom stereocenters. The highest BCUT2D eigenvalue weighted by Gasteiger charge is 2.15. The molecule has 4 aromatic rings. The van der Waals surface area contributed by atoms with Crippen molar-refractivity contribution in [2.45, 2.75) is 13.3 Å². The maximum Gasteiger partial charge on any atom is 0.177 e. The van der Waals surface area contributed by atoms with Crippen molar-refractivity contribution in [2.75, 3.05) is 51.3 Å². The molecule has 3 aromatic heterocycles. The molecule has 0 aliphatic carbocycles. The van der Waals surface area contributed by atoms with E-state index in [1.54, 1.807) is 4.52 Å². The Hall–Kier alpha value is -3.63. The predicted molar refractivity (Wildman–Crippen MR) is 130 cm³/mol. The summed E-state index contributed by atoms with van der Waals surface area (Å²) in [5.74, 6) is 0.739. The molecule has 1 aliphatic heterocycles. The van der Waals surface area contributed by atoms with E-state index >= 15 is 0 Å². The highest BCUT2D eigenvalue weighted by atomic mass is 16.6. The zero-order valence-corrected chi connectivity index (χ0v) is 19.4. The fourth-order valence-electron chi connectivity index (χ4n) is 4.07. The lowest BCUT2D eigenvalue weighted by Gasteiger charge is -2.33. The molecule has 10 heteroatoms. The van der Waals surface area contributed by atoms with Crippen LogP contribution in [0.25, 0.3) is 16.6 Å². The molecular formula is C24H28N8O2. The Bertz CT molecular complexity index is 1330. The van der Waals surface area contributed by atoms with E-state index < -0.39 is 0 Å². The number of aliphatic hydroxyl groups is 1. The van der Waals surface area contributed by atoms with Crippen LogP contribution in [-0.2, 0) is 11.3 Å². The zero-order valence-electron chi connectivity index (χ0n) is 19.4. The van der Waals surface area contributed by atoms with E-state index in [1.807, 2.05) is 25.3 Å². The number of anilines is 1. The molecule has 176 valence electrons. The van der Waals surface area contributed by atoms with Gasteiger partial charge >= 0.3 is 0 Å². The first-order valence-electron chi connectivity index (χ1n) is 11.4. The fourth-order valence-corrected chi connectivity index (χ4v) is 4.07. The van der Waals surface area contributed by atoms with Crippen molar-refractivity contribution in [1.82, 2.24) is 29.7 Å². The molecule has 4 heterocycles. The van der Waals surface area contributed by atoms with Crippen molar-refractivity contribution >= 4 is 27.9 Å². The van der Waals surface area contributed by atoms with Crippen molar-refractivity contribution in [3.63, 3.8) is 0 Å². The number of hydrogen-bond acceptors (Lipinski definition) is 9. The summed E-state index contributed by atoms with van der Waals surface area (Å²) < 4.78 is 1.74. The number of rotatable bonds is 7. The van der Waals surface area contributed by atoms with Crippen molar-refractivity contribution in [3.8, 4) is 0 Å². The largest absolute Gasteiger partial charge is 0.393 e. The summed E-state index contributed by atoms with van der Waals surface area (Å²) in [6.45, 7) is 6.01. The molecule has 0 saturated carbocycles. The van der Waals surface area contributed by atoms with Crippen LogP contribution in [0.3, 0.4) is 0 Å². The SMILES string of the molecule is C/C(=N\OCCO)c1ccc2nnc(Cc3ccc4ncc(N5CCN(C)CC5)cc4c3)n2n1. The molecular weight excluding hydrogens is 432 g/mol. The third-order valence-corrected chi connectivity index (χ3v) is 6.04. The van der Waals surface area contributed by atoms with Gasteiger partial charge in [0.1, 0.15) is 18.0 Å². The Morgan fingerprint density at radius 1 is 1.09 bits per heavy atom. The molecule has 0 atom stereocenters. The molecule has 10 nitrogen and oxygen atoms in total. The number of fused-ring (bicyclic) bond motifs is 2. The van der Waals surface area contributed by atoms with Gasteiger partial charge in [-0.2, -0.15) is 9.61 Å². The summed E-state index contributed by atoms with van der Waals surface area (Å²) in [6, 6.07) is 12.2. The fraction of sp³-hybridized carbons (Fsp3) is 0.375. The number of likely N-dealkylation sites (N-methyl/N-ethyl adjacent to an activating group) is 1. The van der Waals surface area contributed by atoms with Crippen molar-refractivity contribution in [1.29, 1.82) is 0 Å². The van der Waals surface area contributed by atoms with Crippen LogP contribution < -0.4 is 4.90 Å². The van der Waals surface area contributed by atoms with E-state index in [0.29, 0.717) is 23.5 Å². The van der Waals surface area contributed by atoms with E-state index in [9.17, 15) is 0 Å². The second kappa shape index (κ2) is 9.70. The Morgan fingerprint density at radius 3 is 2.76 bits per heavy atom. The first-order chi connectivity index (χ1) is 16.6. The van der Waals surface area contributed by atoms with Gasteiger partial charge in [0.25, 0.3) is 0 Å². The lowest BCUT2D eigenvalue weighted by Crippen LogP contribution is -2.44. The van der Waals surface area contributed by atoms with Gasteiger partial charge in [0.05, 0.1) is 24.0 Å². The maximum absolute atomic E-state index is 8.86. The molecule has 1 aliphatic rings. The number of hydrogen-bond donors (Lipinski definition) is 1. The van der Waals surface area contributed by atoms with Gasteiger partial charge in [0.2, 0.25) is 0 Å². The van der Waals surface area contributed by atoms with Crippen LogP contribution >= 0.6 is 0 Å². The van der Waals surface area contributed by atoms with E-state index in [0.717, 1.165) is 54.2 Å². The summed E-state index contributed by atoms with van der Waals surface area (Å²) in [7, 11) is 2.16. The van der Waals surface area contributed by atoms with Crippen LogP contribution in [0.2, 0.25) is 0 Å². The molecule has 0 amide bonds. The van der Waals surface area contributed by atoms with Crippen LogP contribution in [0.15, 0.2) is 47.8 Å². The molecule has 1 saturated heterocycles. The number of aliphatic hydroxyl groups excluding tert-OH is 1. The van der Waals surface area contributed by atoms with E-state index in [1.165, 1.54) is 0 Å². The standard InChI is InChI=1S/C24H28N8O2/c1-17(29-34-12-11-33)21-5-6-23-26-27-24(32(23)28-21)14-18-3-4-22-19(13-18)15-20(16-25-22)31-9-7-30(2)8-10-31/h3-6,13,15-16,33H,7-12,14H2,1-2H3/b29-17+. The summed E-state index contributed by atoms with van der Waals surface area (Å²) in [4.78, 5) is 14.5. The minimum Gasteiger partial charge on any atom is -0.393 e. The quantitative estimate of drug-likeness (QED) is 0.253. The van der Waals surface area contributed by atoms with Gasteiger partial charge in [0.15, 0.2) is 11.5 Å². The molecule has 5 rings (SSSR count). The lowest BCUT2D eigenvalue weighted by atomic mass is 10.1. The Kier molecular flexibility index (Phi) is 6.33. The van der Waals surface area contributed by atoms with Gasteiger partial charge in [-0.25, -0.2) is 0 Å². The number of piperazine rings is 1. The Labute approximate surface area is 197 Å². The minimum absolute atomic E-state index is 0.0863. The van der Waals surface area contributed by atoms with Crippen LogP contribution in [-0.4, -0.2) is 87.0 Å². The number of nitrogens with zero attached hydrogens (tertiary/aromatic N) is 8. The molecule has 1 N–H and O–H groups in total. The summed E-state index contributed by atoms with van der Waals surface area (Å²) in [5, 5.41) is 27.2.